The Kier molecular flexibility index (Phi) is 4.52. The van der Waals surface area contributed by atoms with E-state index in [9.17, 15) is 4.79 Å². The second-order valence-corrected chi connectivity index (χ2v) is 3.37. The van der Waals surface area contributed by atoms with Gasteiger partial charge in [0, 0.05) is 12.6 Å². The van der Waals surface area contributed by atoms with Crippen LogP contribution in [0.1, 0.15) is 12.5 Å². The van der Waals surface area contributed by atoms with Crippen LogP contribution >= 0.6 is 11.6 Å². The van der Waals surface area contributed by atoms with Crippen molar-refractivity contribution in [2.75, 3.05) is 6.61 Å². The summed E-state index contributed by atoms with van der Waals surface area (Å²) in [6, 6.07) is 2.85. The number of nitrogens with two attached hydrogens (primary N) is 1. The summed E-state index contributed by atoms with van der Waals surface area (Å²) in [4.78, 5) is 15.1. The molecule has 0 fully saturated rings. The van der Waals surface area contributed by atoms with Crippen molar-refractivity contribution in [2.24, 2.45) is 5.73 Å². The molecule has 1 heterocycles. The first-order chi connectivity index (χ1) is 7.15. The van der Waals surface area contributed by atoms with Gasteiger partial charge >= 0.3 is 5.97 Å². The summed E-state index contributed by atoms with van der Waals surface area (Å²) < 4.78 is 4.79. The van der Waals surface area contributed by atoms with Crippen molar-refractivity contribution in [2.45, 2.75) is 19.4 Å². The molecule has 15 heavy (non-hydrogen) atoms. The number of rotatable bonds is 4. The fourth-order valence-corrected chi connectivity index (χ4v) is 1.34. The minimum Gasteiger partial charge on any atom is -0.465 e. The number of nitrogens with zero attached hydrogens (tertiary/aromatic N) is 1. The topological polar surface area (TPSA) is 65.2 Å². The van der Waals surface area contributed by atoms with Gasteiger partial charge in [0.1, 0.15) is 11.2 Å². The minimum atomic E-state index is -0.688. The normalized spacial score (nSPS) is 12.2. The standard InChI is InChI=1S/C10H13ClN2O2/c1-2-15-10(14)8(12)6-7-4-3-5-13-9(7)11/h3-5,8H,2,6,12H2,1H3. The lowest BCUT2D eigenvalue weighted by Crippen LogP contribution is -2.34. The molecule has 1 rings (SSSR count). The SMILES string of the molecule is CCOC(=O)C(N)Cc1cccnc1Cl. The van der Waals surface area contributed by atoms with E-state index in [1.54, 1.807) is 25.3 Å². The smallest absolute Gasteiger partial charge is 0.323 e. The third-order valence-electron chi connectivity index (χ3n) is 1.87. The average molecular weight is 229 g/mol. The molecule has 0 aliphatic carbocycles. The summed E-state index contributed by atoms with van der Waals surface area (Å²) in [6.07, 6.45) is 1.92. The van der Waals surface area contributed by atoms with Gasteiger partial charge in [0.05, 0.1) is 6.61 Å². The van der Waals surface area contributed by atoms with Gasteiger partial charge in [-0.2, -0.15) is 0 Å². The van der Waals surface area contributed by atoms with Crippen LogP contribution in [-0.2, 0) is 16.0 Å². The van der Waals surface area contributed by atoms with Crippen LogP contribution in [0.2, 0.25) is 5.15 Å². The molecule has 0 amide bonds. The van der Waals surface area contributed by atoms with E-state index in [0.717, 1.165) is 5.56 Å². The van der Waals surface area contributed by atoms with Crippen molar-refractivity contribution in [3.05, 3.63) is 29.0 Å². The number of pyridine rings is 1. The summed E-state index contributed by atoms with van der Waals surface area (Å²) in [5.41, 5.74) is 6.39. The van der Waals surface area contributed by atoms with Crippen LogP contribution < -0.4 is 5.73 Å². The Bertz CT molecular complexity index is 344. The third kappa shape index (κ3) is 3.49. The lowest BCUT2D eigenvalue weighted by atomic mass is 10.1. The molecule has 0 radical (unpaired) electrons. The van der Waals surface area contributed by atoms with Gasteiger partial charge in [-0.3, -0.25) is 4.79 Å². The van der Waals surface area contributed by atoms with E-state index < -0.39 is 12.0 Å². The highest BCUT2D eigenvalue weighted by Crippen LogP contribution is 2.13. The van der Waals surface area contributed by atoms with Gasteiger partial charge in [-0.25, -0.2) is 4.98 Å². The number of halogens is 1. The van der Waals surface area contributed by atoms with Crippen molar-refractivity contribution in [1.29, 1.82) is 0 Å². The van der Waals surface area contributed by atoms with E-state index >= 15 is 0 Å². The highest BCUT2D eigenvalue weighted by atomic mass is 35.5. The van der Waals surface area contributed by atoms with Gasteiger partial charge in [0.2, 0.25) is 0 Å². The van der Waals surface area contributed by atoms with E-state index in [1.807, 2.05) is 0 Å². The first kappa shape index (κ1) is 11.9. The molecule has 2 N–H and O–H groups in total. The highest BCUT2D eigenvalue weighted by molar-refractivity contribution is 6.30. The molecular weight excluding hydrogens is 216 g/mol. The zero-order valence-corrected chi connectivity index (χ0v) is 9.20. The van der Waals surface area contributed by atoms with Crippen LogP contribution in [0.3, 0.4) is 0 Å². The summed E-state index contributed by atoms with van der Waals surface area (Å²) in [7, 11) is 0. The predicted molar refractivity (Wildman–Crippen MR) is 57.6 cm³/mol. The van der Waals surface area contributed by atoms with Crippen molar-refractivity contribution < 1.29 is 9.53 Å². The molecule has 0 spiro atoms. The first-order valence-corrected chi connectivity index (χ1v) is 5.04. The molecular formula is C10H13ClN2O2. The van der Waals surface area contributed by atoms with E-state index in [1.165, 1.54) is 0 Å². The van der Waals surface area contributed by atoms with Gasteiger partial charge < -0.3 is 10.5 Å². The maximum Gasteiger partial charge on any atom is 0.323 e. The Labute approximate surface area is 93.4 Å². The van der Waals surface area contributed by atoms with E-state index in [4.69, 9.17) is 22.1 Å². The molecule has 0 bridgehead atoms. The van der Waals surface area contributed by atoms with Crippen molar-refractivity contribution in [3.63, 3.8) is 0 Å². The predicted octanol–water partition coefficient (Wildman–Crippen LogP) is 1.17. The van der Waals surface area contributed by atoms with E-state index in [-0.39, 0.29) is 0 Å². The molecule has 0 aliphatic rings. The fourth-order valence-electron chi connectivity index (χ4n) is 1.14. The Morgan fingerprint density at radius 1 is 1.73 bits per heavy atom. The Hall–Kier alpha value is -1.13. The van der Waals surface area contributed by atoms with Gasteiger partial charge in [-0.1, -0.05) is 17.7 Å². The monoisotopic (exact) mass is 228 g/mol. The van der Waals surface area contributed by atoms with Gasteiger partial charge in [0.15, 0.2) is 0 Å². The molecule has 1 aromatic heterocycles. The van der Waals surface area contributed by atoms with Crippen molar-refractivity contribution in [3.8, 4) is 0 Å². The second-order valence-electron chi connectivity index (χ2n) is 3.02. The van der Waals surface area contributed by atoms with Gasteiger partial charge in [-0.05, 0) is 18.6 Å². The maximum atomic E-state index is 11.2. The summed E-state index contributed by atoms with van der Waals surface area (Å²) in [6.45, 7) is 2.06. The number of hydrogen-bond acceptors (Lipinski definition) is 4. The van der Waals surface area contributed by atoms with Crippen LogP contribution in [-0.4, -0.2) is 23.6 Å². The quantitative estimate of drug-likeness (QED) is 0.621. The molecule has 0 aliphatic heterocycles. The van der Waals surface area contributed by atoms with E-state index in [0.29, 0.717) is 18.2 Å². The molecule has 5 heteroatoms. The Morgan fingerprint density at radius 3 is 3.07 bits per heavy atom. The Balaban J connectivity index is 2.62. The van der Waals surface area contributed by atoms with Crippen molar-refractivity contribution >= 4 is 17.6 Å². The Morgan fingerprint density at radius 2 is 2.47 bits per heavy atom. The van der Waals surface area contributed by atoms with Gasteiger partial charge in [0.25, 0.3) is 0 Å². The zero-order chi connectivity index (χ0) is 11.3. The minimum absolute atomic E-state index is 0.327. The van der Waals surface area contributed by atoms with Crippen LogP contribution in [0.25, 0.3) is 0 Å². The molecule has 1 unspecified atom stereocenters. The van der Waals surface area contributed by atoms with Crippen LogP contribution in [0.4, 0.5) is 0 Å². The number of carbonyl (C=O) groups is 1. The summed E-state index contributed by atoms with van der Waals surface area (Å²) in [5, 5.41) is 0.372. The van der Waals surface area contributed by atoms with Crippen molar-refractivity contribution in [1.82, 2.24) is 4.98 Å². The zero-order valence-electron chi connectivity index (χ0n) is 8.44. The van der Waals surface area contributed by atoms with E-state index in [2.05, 4.69) is 4.98 Å². The number of carbonyl (C=O) groups excluding carboxylic acids is 1. The molecule has 0 saturated heterocycles. The summed E-state index contributed by atoms with van der Waals surface area (Å²) >= 11 is 5.83. The number of ether oxygens (including phenoxy) is 1. The second kappa shape index (κ2) is 5.68. The lowest BCUT2D eigenvalue weighted by molar-refractivity contribution is -0.144. The third-order valence-corrected chi connectivity index (χ3v) is 2.21. The number of esters is 1. The van der Waals surface area contributed by atoms with Crippen LogP contribution in [0.15, 0.2) is 18.3 Å². The average Bonchev–Trinajstić information content (AvgIpc) is 2.21. The molecule has 1 atom stereocenters. The lowest BCUT2D eigenvalue weighted by Gasteiger charge is -2.10. The number of aromatic nitrogens is 1. The first-order valence-electron chi connectivity index (χ1n) is 4.66. The maximum absolute atomic E-state index is 11.2. The molecule has 1 aromatic rings. The highest BCUT2D eigenvalue weighted by Gasteiger charge is 2.16. The largest absolute Gasteiger partial charge is 0.465 e. The molecule has 82 valence electrons. The van der Waals surface area contributed by atoms with Gasteiger partial charge in [-0.15, -0.1) is 0 Å². The molecule has 4 nitrogen and oxygen atoms in total. The summed E-state index contributed by atoms with van der Waals surface area (Å²) in [5.74, 6) is -0.419. The van der Waals surface area contributed by atoms with Crippen LogP contribution in [0.5, 0.6) is 0 Å². The fraction of sp³-hybridized carbons (Fsp3) is 0.400. The van der Waals surface area contributed by atoms with Crippen LogP contribution in [0, 0.1) is 0 Å². The number of hydrogen-bond donors (Lipinski definition) is 1. The molecule has 0 saturated carbocycles. The molecule has 0 aromatic carbocycles.